The normalized spacial score (nSPS) is 22.4. The number of ether oxygens (including phenoxy) is 2. The first-order valence-electron chi connectivity index (χ1n) is 12.2. The SMILES string of the molecule is COc1ccc(CN2C(=O)c3c(-c4cnn(C)c4)ncc(F)c3C2N[C@@H]2CCCC(F)(F)[C@@H]2N)c(OC)c1. The molecular weight excluding hydrogens is 501 g/mol. The van der Waals surface area contributed by atoms with E-state index in [0.717, 1.165) is 6.20 Å². The lowest BCUT2D eigenvalue weighted by atomic mass is 9.87. The highest BCUT2D eigenvalue weighted by molar-refractivity contribution is 6.04. The van der Waals surface area contributed by atoms with Crippen molar-refractivity contribution in [2.75, 3.05) is 14.2 Å². The standard InChI is InChI=1S/C26H29F3N6O3/c1-34-12-15(10-32-34)22-21-20(17(27)11-31-22)24(33-18-5-4-8-26(28,29)23(18)30)35(25(21)36)13-14-6-7-16(37-2)9-19(14)38-3/h6-7,9-12,18,23-24,33H,4-5,8,13,30H2,1-3H3/t18-,23-,24?/m1/s1. The number of pyridine rings is 1. The van der Waals surface area contributed by atoms with Crippen molar-refractivity contribution in [3.8, 4) is 22.8 Å². The minimum atomic E-state index is -3.08. The fourth-order valence-corrected chi connectivity index (χ4v) is 5.26. The van der Waals surface area contributed by atoms with E-state index in [-0.39, 0.29) is 36.2 Å². The van der Waals surface area contributed by atoms with Crippen LogP contribution in [0.3, 0.4) is 0 Å². The van der Waals surface area contributed by atoms with Crippen LogP contribution in [0.15, 0.2) is 36.8 Å². The molecule has 3 atom stereocenters. The van der Waals surface area contributed by atoms with Gasteiger partial charge in [-0.25, -0.2) is 13.2 Å². The lowest BCUT2D eigenvalue weighted by Crippen LogP contribution is -2.59. The number of carbonyl (C=O) groups is 1. The number of carbonyl (C=O) groups excluding carboxylic acids is 1. The minimum Gasteiger partial charge on any atom is -0.497 e. The summed E-state index contributed by atoms with van der Waals surface area (Å²) in [7, 11) is 4.72. The molecule has 0 radical (unpaired) electrons. The minimum absolute atomic E-state index is 0.00260. The fraction of sp³-hybridized carbons (Fsp3) is 0.423. The van der Waals surface area contributed by atoms with Gasteiger partial charge in [0.2, 0.25) is 0 Å². The first kappa shape index (κ1) is 26.0. The molecule has 202 valence electrons. The third-order valence-electron chi connectivity index (χ3n) is 7.26. The van der Waals surface area contributed by atoms with Crippen molar-refractivity contribution in [3.05, 3.63) is 59.3 Å². The number of rotatable bonds is 7. The number of nitrogens with two attached hydrogens (primary N) is 1. The number of hydrogen-bond donors (Lipinski definition) is 2. The molecule has 3 N–H and O–H groups in total. The molecule has 38 heavy (non-hydrogen) atoms. The monoisotopic (exact) mass is 530 g/mol. The number of methoxy groups -OCH3 is 2. The van der Waals surface area contributed by atoms with E-state index in [0.29, 0.717) is 29.0 Å². The number of nitrogens with zero attached hydrogens (tertiary/aromatic N) is 4. The Morgan fingerprint density at radius 3 is 2.71 bits per heavy atom. The molecule has 0 spiro atoms. The molecule has 2 aliphatic rings. The van der Waals surface area contributed by atoms with E-state index >= 15 is 4.39 Å². The van der Waals surface area contributed by atoms with Gasteiger partial charge in [0.05, 0.1) is 50.5 Å². The third-order valence-corrected chi connectivity index (χ3v) is 7.26. The predicted octanol–water partition coefficient (Wildman–Crippen LogP) is 3.40. The molecule has 1 aromatic carbocycles. The quantitative estimate of drug-likeness (QED) is 0.482. The lowest BCUT2D eigenvalue weighted by molar-refractivity contribution is -0.0662. The number of aryl methyl sites for hydroxylation is 1. The number of benzene rings is 1. The van der Waals surface area contributed by atoms with Gasteiger partial charge in [-0.2, -0.15) is 5.10 Å². The van der Waals surface area contributed by atoms with Gasteiger partial charge in [0, 0.05) is 48.5 Å². The van der Waals surface area contributed by atoms with Crippen LogP contribution in [0.2, 0.25) is 0 Å². The molecule has 0 saturated heterocycles. The first-order chi connectivity index (χ1) is 18.1. The Labute approximate surface area is 217 Å². The summed E-state index contributed by atoms with van der Waals surface area (Å²) in [6.45, 7) is 0.00260. The van der Waals surface area contributed by atoms with Crippen LogP contribution in [0.1, 0.15) is 46.9 Å². The van der Waals surface area contributed by atoms with Crippen molar-refractivity contribution in [1.29, 1.82) is 0 Å². The Kier molecular flexibility index (Phi) is 6.78. The summed E-state index contributed by atoms with van der Waals surface area (Å²) in [6, 6.07) is 2.79. The maximum absolute atomic E-state index is 15.5. The van der Waals surface area contributed by atoms with E-state index in [2.05, 4.69) is 15.4 Å². The smallest absolute Gasteiger partial charge is 0.264 e. The van der Waals surface area contributed by atoms with Gasteiger partial charge in [0.25, 0.3) is 11.8 Å². The molecule has 0 bridgehead atoms. The molecule has 1 amide bonds. The van der Waals surface area contributed by atoms with E-state index in [1.807, 2.05) is 0 Å². The third kappa shape index (κ3) is 4.47. The highest BCUT2D eigenvalue weighted by Crippen LogP contribution is 2.42. The van der Waals surface area contributed by atoms with E-state index in [9.17, 15) is 13.6 Å². The average Bonchev–Trinajstić information content (AvgIpc) is 3.44. The molecule has 1 fully saturated rings. The molecule has 3 heterocycles. The maximum Gasteiger partial charge on any atom is 0.264 e. The van der Waals surface area contributed by atoms with Crippen LogP contribution in [0, 0.1) is 5.82 Å². The summed E-state index contributed by atoms with van der Waals surface area (Å²) >= 11 is 0. The van der Waals surface area contributed by atoms with Crippen molar-refractivity contribution in [1.82, 2.24) is 25.0 Å². The van der Waals surface area contributed by atoms with Gasteiger partial charge in [0.1, 0.15) is 23.5 Å². The molecule has 12 heteroatoms. The van der Waals surface area contributed by atoms with Gasteiger partial charge in [-0.3, -0.25) is 19.8 Å². The topological polar surface area (TPSA) is 108 Å². The summed E-state index contributed by atoms with van der Waals surface area (Å²) in [5.74, 6) is -3.29. The second-order valence-electron chi connectivity index (χ2n) is 9.61. The fourth-order valence-electron chi connectivity index (χ4n) is 5.26. The highest BCUT2D eigenvalue weighted by Gasteiger charge is 2.48. The average molecular weight is 531 g/mol. The lowest BCUT2D eigenvalue weighted by Gasteiger charge is -2.39. The van der Waals surface area contributed by atoms with Gasteiger partial charge in [-0.1, -0.05) is 0 Å². The van der Waals surface area contributed by atoms with E-state index in [1.165, 1.54) is 25.3 Å². The molecule has 2 aromatic heterocycles. The van der Waals surface area contributed by atoms with Crippen molar-refractivity contribution < 1.29 is 27.4 Å². The van der Waals surface area contributed by atoms with Crippen LogP contribution < -0.4 is 20.5 Å². The second-order valence-corrected chi connectivity index (χ2v) is 9.61. The van der Waals surface area contributed by atoms with Crippen LogP contribution in [-0.2, 0) is 13.6 Å². The summed E-state index contributed by atoms with van der Waals surface area (Å²) in [6.07, 6.45) is 3.47. The molecule has 1 aliphatic heterocycles. The Morgan fingerprint density at radius 2 is 2.03 bits per heavy atom. The zero-order valence-electron chi connectivity index (χ0n) is 21.2. The summed E-state index contributed by atoms with van der Waals surface area (Å²) < 4.78 is 56.8. The highest BCUT2D eigenvalue weighted by atomic mass is 19.3. The first-order valence-corrected chi connectivity index (χ1v) is 12.2. The number of hydrogen-bond acceptors (Lipinski definition) is 7. The van der Waals surface area contributed by atoms with Crippen LogP contribution in [0.5, 0.6) is 11.5 Å². The Hall–Kier alpha value is -3.64. The van der Waals surface area contributed by atoms with Crippen LogP contribution in [0.4, 0.5) is 13.2 Å². The van der Waals surface area contributed by atoms with Crippen LogP contribution >= 0.6 is 0 Å². The van der Waals surface area contributed by atoms with Gasteiger partial charge >= 0.3 is 0 Å². The zero-order valence-corrected chi connectivity index (χ0v) is 21.2. The summed E-state index contributed by atoms with van der Waals surface area (Å²) in [5, 5.41) is 7.26. The number of halogens is 3. The van der Waals surface area contributed by atoms with E-state index < -0.39 is 35.9 Å². The Morgan fingerprint density at radius 1 is 1.24 bits per heavy atom. The molecule has 3 aromatic rings. The molecular formula is C26H29F3N6O3. The molecule has 1 aliphatic carbocycles. The molecule has 1 unspecified atom stereocenters. The largest absolute Gasteiger partial charge is 0.497 e. The molecule has 1 saturated carbocycles. The summed E-state index contributed by atoms with van der Waals surface area (Å²) in [4.78, 5) is 19.6. The van der Waals surface area contributed by atoms with Crippen molar-refractivity contribution in [2.24, 2.45) is 12.8 Å². The van der Waals surface area contributed by atoms with E-state index in [4.69, 9.17) is 15.2 Å². The Bertz CT molecular complexity index is 1360. The predicted molar refractivity (Wildman–Crippen MR) is 132 cm³/mol. The molecule has 9 nitrogen and oxygen atoms in total. The van der Waals surface area contributed by atoms with Crippen molar-refractivity contribution in [2.45, 2.75) is 50.0 Å². The van der Waals surface area contributed by atoms with Gasteiger partial charge < -0.3 is 20.1 Å². The van der Waals surface area contributed by atoms with E-state index in [1.54, 1.807) is 36.1 Å². The second kappa shape index (κ2) is 9.91. The number of fused-ring (bicyclic) bond motifs is 1. The van der Waals surface area contributed by atoms with Gasteiger partial charge in [-0.05, 0) is 25.0 Å². The van der Waals surface area contributed by atoms with Crippen LogP contribution in [0.25, 0.3) is 11.3 Å². The van der Waals surface area contributed by atoms with Gasteiger partial charge in [0.15, 0.2) is 0 Å². The number of nitrogens with one attached hydrogen (secondary N) is 1. The molecule has 5 rings (SSSR count). The maximum atomic E-state index is 15.5. The van der Waals surface area contributed by atoms with Crippen molar-refractivity contribution in [3.63, 3.8) is 0 Å². The van der Waals surface area contributed by atoms with Gasteiger partial charge in [-0.15, -0.1) is 0 Å². The Balaban J connectivity index is 1.60. The number of amides is 1. The number of alkyl halides is 2. The van der Waals surface area contributed by atoms with Crippen molar-refractivity contribution >= 4 is 5.91 Å². The zero-order chi connectivity index (χ0) is 27.2. The summed E-state index contributed by atoms with van der Waals surface area (Å²) in [5.41, 5.74) is 7.46. The van der Waals surface area contributed by atoms with Crippen LogP contribution in [-0.4, -0.2) is 57.8 Å². The number of aromatic nitrogens is 3.